The molecule has 114 valence electrons. The van der Waals surface area contributed by atoms with E-state index in [1.54, 1.807) is 6.07 Å². The average molecular weight is 301 g/mol. The van der Waals surface area contributed by atoms with Crippen LogP contribution in [0.3, 0.4) is 0 Å². The van der Waals surface area contributed by atoms with E-state index in [-0.39, 0.29) is 12.2 Å². The van der Waals surface area contributed by atoms with Crippen molar-refractivity contribution in [2.45, 2.75) is 20.4 Å². The van der Waals surface area contributed by atoms with E-state index in [0.29, 0.717) is 5.69 Å². The number of nitro groups is 1. The second kappa shape index (κ2) is 6.21. The number of anilines is 1. The second-order valence-electron chi connectivity index (χ2n) is 4.98. The molecule has 22 heavy (non-hydrogen) atoms. The van der Waals surface area contributed by atoms with Gasteiger partial charge in [-0.15, -0.1) is 0 Å². The number of nitrogens with zero attached hydrogens (tertiary/aromatic N) is 2. The molecule has 2 rings (SSSR count). The average Bonchev–Trinajstić information content (AvgIpc) is 2.44. The lowest BCUT2D eigenvalue weighted by molar-refractivity contribution is -0.385. The quantitative estimate of drug-likeness (QED) is 0.690. The maximum atomic E-state index is 12.0. The van der Waals surface area contributed by atoms with Gasteiger partial charge in [-0.1, -0.05) is 17.7 Å². The number of aromatic nitrogens is 1. The van der Waals surface area contributed by atoms with Gasteiger partial charge in [0.15, 0.2) is 0 Å². The lowest BCUT2D eigenvalue weighted by Crippen LogP contribution is -2.27. The van der Waals surface area contributed by atoms with E-state index < -0.39 is 16.4 Å². The second-order valence-corrected chi connectivity index (χ2v) is 4.98. The molecule has 0 bridgehead atoms. The maximum absolute atomic E-state index is 12.0. The maximum Gasteiger partial charge on any atom is 0.285 e. The lowest BCUT2D eigenvalue weighted by Gasteiger charge is -2.10. The van der Waals surface area contributed by atoms with Crippen LogP contribution in [-0.4, -0.2) is 15.4 Å². The third-order valence-electron chi connectivity index (χ3n) is 3.15. The number of hydrogen-bond acceptors (Lipinski definition) is 4. The van der Waals surface area contributed by atoms with Gasteiger partial charge in [-0.05, 0) is 25.5 Å². The Balaban J connectivity index is 2.17. The summed E-state index contributed by atoms with van der Waals surface area (Å²) in [7, 11) is 0. The van der Waals surface area contributed by atoms with Gasteiger partial charge in [0.1, 0.15) is 6.54 Å². The van der Waals surface area contributed by atoms with Crippen molar-refractivity contribution < 1.29 is 9.72 Å². The van der Waals surface area contributed by atoms with E-state index in [1.165, 1.54) is 0 Å². The third kappa shape index (κ3) is 3.57. The minimum absolute atomic E-state index is 0.237. The van der Waals surface area contributed by atoms with Gasteiger partial charge in [0, 0.05) is 17.8 Å². The number of amides is 1. The fraction of sp³-hybridized carbons (Fsp3) is 0.200. The number of rotatable bonds is 4. The van der Waals surface area contributed by atoms with E-state index in [0.717, 1.165) is 34.0 Å². The van der Waals surface area contributed by atoms with Crippen LogP contribution in [0.5, 0.6) is 0 Å². The van der Waals surface area contributed by atoms with E-state index in [4.69, 9.17) is 0 Å². The Morgan fingerprint density at radius 1 is 1.27 bits per heavy atom. The molecule has 0 unspecified atom stereocenters. The molecule has 7 heteroatoms. The Morgan fingerprint density at radius 3 is 2.64 bits per heavy atom. The smallest absolute Gasteiger partial charge is 0.285 e. The largest absolute Gasteiger partial charge is 0.324 e. The topological polar surface area (TPSA) is 94.2 Å². The molecule has 2 aromatic rings. The van der Waals surface area contributed by atoms with Crippen LogP contribution in [0, 0.1) is 24.0 Å². The standard InChI is InChI=1S/C15H15N3O4/c1-10-3-5-13(11(2)7-10)16-14(19)9-17-8-12(18(21)22)4-6-15(17)20/h3-8H,9H2,1-2H3,(H,16,19). The number of hydrogen-bond donors (Lipinski definition) is 1. The summed E-state index contributed by atoms with van der Waals surface area (Å²) < 4.78 is 1.01. The van der Waals surface area contributed by atoms with Crippen molar-refractivity contribution in [3.05, 3.63) is 68.1 Å². The van der Waals surface area contributed by atoms with Crippen LogP contribution < -0.4 is 10.9 Å². The van der Waals surface area contributed by atoms with Gasteiger partial charge in [0.05, 0.1) is 11.1 Å². The zero-order valence-corrected chi connectivity index (χ0v) is 12.2. The van der Waals surface area contributed by atoms with Crippen LogP contribution in [0.25, 0.3) is 0 Å². The van der Waals surface area contributed by atoms with Crippen molar-refractivity contribution in [2.24, 2.45) is 0 Å². The fourth-order valence-electron chi connectivity index (χ4n) is 2.05. The van der Waals surface area contributed by atoms with Gasteiger partial charge in [-0.3, -0.25) is 24.3 Å². The van der Waals surface area contributed by atoms with E-state index in [2.05, 4.69) is 5.32 Å². The molecule has 1 aromatic heterocycles. The predicted octanol–water partition coefficient (Wildman–Crippen LogP) is 2.01. The summed E-state index contributed by atoms with van der Waals surface area (Å²) >= 11 is 0. The van der Waals surface area contributed by atoms with Crippen molar-refractivity contribution in [3.63, 3.8) is 0 Å². The van der Waals surface area contributed by atoms with Gasteiger partial charge in [-0.25, -0.2) is 0 Å². The van der Waals surface area contributed by atoms with Crippen LogP contribution in [0.2, 0.25) is 0 Å². The highest BCUT2D eigenvalue weighted by atomic mass is 16.6. The first kappa shape index (κ1) is 15.4. The number of carbonyl (C=O) groups is 1. The first-order valence-corrected chi connectivity index (χ1v) is 6.59. The van der Waals surface area contributed by atoms with Gasteiger partial charge in [0.25, 0.3) is 11.2 Å². The highest BCUT2D eigenvalue weighted by Crippen LogP contribution is 2.16. The molecule has 0 fully saturated rings. The summed E-state index contributed by atoms with van der Waals surface area (Å²) in [4.78, 5) is 33.8. The van der Waals surface area contributed by atoms with Crippen molar-refractivity contribution >= 4 is 17.3 Å². The molecule has 0 aliphatic heterocycles. The van der Waals surface area contributed by atoms with Gasteiger partial charge >= 0.3 is 0 Å². The Morgan fingerprint density at radius 2 is 2.00 bits per heavy atom. The molecule has 0 atom stereocenters. The molecule has 1 N–H and O–H groups in total. The SMILES string of the molecule is Cc1ccc(NC(=O)Cn2cc([N+](=O)[O-])ccc2=O)c(C)c1. The molecule has 1 aromatic carbocycles. The molecule has 1 amide bonds. The van der Waals surface area contributed by atoms with Gasteiger partial charge in [-0.2, -0.15) is 0 Å². The van der Waals surface area contributed by atoms with Gasteiger partial charge < -0.3 is 5.32 Å². The van der Waals surface area contributed by atoms with E-state index in [1.807, 2.05) is 26.0 Å². The van der Waals surface area contributed by atoms with Crippen LogP contribution in [0.4, 0.5) is 11.4 Å². The van der Waals surface area contributed by atoms with Crippen LogP contribution in [0.1, 0.15) is 11.1 Å². The number of nitrogens with one attached hydrogen (secondary N) is 1. The molecule has 0 saturated carbocycles. The fourth-order valence-corrected chi connectivity index (χ4v) is 2.05. The Hall–Kier alpha value is -2.96. The molecule has 0 saturated heterocycles. The highest BCUT2D eigenvalue weighted by Gasteiger charge is 2.11. The van der Waals surface area contributed by atoms with Crippen molar-refractivity contribution in [1.29, 1.82) is 0 Å². The summed E-state index contributed by atoms with van der Waals surface area (Å²) in [6.45, 7) is 3.53. The van der Waals surface area contributed by atoms with E-state index in [9.17, 15) is 19.7 Å². The summed E-state index contributed by atoms with van der Waals surface area (Å²) in [6, 6.07) is 7.75. The number of benzene rings is 1. The number of pyridine rings is 1. The molecule has 7 nitrogen and oxygen atoms in total. The number of carbonyl (C=O) groups excluding carboxylic acids is 1. The van der Waals surface area contributed by atoms with Crippen molar-refractivity contribution in [3.8, 4) is 0 Å². The molecule has 0 radical (unpaired) electrons. The Bertz CT molecular complexity index is 796. The van der Waals surface area contributed by atoms with Crippen LogP contribution in [0.15, 0.2) is 41.3 Å². The molecule has 0 aliphatic rings. The van der Waals surface area contributed by atoms with E-state index >= 15 is 0 Å². The minimum atomic E-state index is -0.613. The zero-order valence-electron chi connectivity index (χ0n) is 12.2. The lowest BCUT2D eigenvalue weighted by atomic mass is 10.1. The molecule has 0 spiro atoms. The minimum Gasteiger partial charge on any atom is -0.324 e. The van der Waals surface area contributed by atoms with Gasteiger partial charge in [0.2, 0.25) is 5.91 Å². The summed E-state index contributed by atoms with van der Waals surface area (Å²) in [5.74, 6) is -0.422. The Kier molecular flexibility index (Phi) is 4.36. The van der Waals surface area contributed by atoms with Crippen molar-refractivity contribution in [2.75, 3.05) is 5.32 Å². The normalized spacial score (nSPS) is 10.3. The van der Waals surface area contributed by atoms with Crippen molar-refractivity contribution in [1.82, 2.24) is 4.57 Å². The molecular formula is C15H15N3O4. The highest BCUT2D eigenvalue weighted by molar-refractivity contribution is 5.91. The monoisotopic (exact) mass is 301 g/mol. The molecule has 1 heterocycles. The third-order valence-corrected chi connectivity index (χ3v) is 3.15. The van der Waals surface area contributed by atoms with Crippen LogP contribution in [-0.2, 0) is 11.3 Å². The zero-order chi connectivity index (χ0) is 16.3. The predicted molar refractivity (Wildman–Crippen MR) is 81.9 cm³/mol. The van der Waals surface area contributed by atoms with Crippen LogP contribution >= 0.6 is 0 Å². The first-order chi connectivity index (χ1) is 10.4. The summed E-state index contributed by atoms with van der Waals surface area (Å²) in [5, 5.41) is 13.4. The summed E-state index contributed by atoms with van der Waals surface area (Å²) in [5.41, 5.74) is 1.92. The first-order valence-electron chi connectivity index (χ1n) is 6.59. The number of aryl methyl sites for hydroxylation is 2. The molecular weight excluding hydrogens is 286 g/mol. The summed E-state index contributed by atoms with van der Waals surface area (Å²) in [6.07, 6.45) is 1.06. The molecule has 0 aliphatic carbocycles. The Labute approximate surface area is 126 Å².